The van der Waals surface area contributed by atoms with Gasteiger partial charge in [0.15, 0.2) is 0 Å². The minimum absolute atomic E-state index is 0.189. The van der Waals surface area contributed by atoms with Crippen molar-refractivity contribution in [1.82, 2.24) is 4.98 Å². The molecule has 0 saturated carbocycles. The average molecular weight is 285 g/mol. The molecule has 5 nitrogen and oxygen atoms in total. The number of nitrogens with zero attached hydrogens (tertiary/aromatic N) is 1. The number of hydrogen-bond donors (Lipinski definition) is 1. The van der Waals surface area contributed by atoms with Gasteiger partial charge in [-0.1, -0.05) is 0 Å². The summed E-state index contributed by atoms with van der Waals surface area (Å²) in [6, 6.07) is 2.27. The molecule has 0 aliphatic heterocycles. The summed E-state index contributed by atoms with van der Waals surface area (Å²) < 4.78 is 63.7. The van der Waals surface area contributed by atoms with Crippen LogP contribution in [0.3, 0.4) is 0 Å². The SMILES string of the molecule is Cc1ccc(O)c(C(OS(C)(=O)=O)C(F)(F)F)n1. The van der Waals surface area contributed by atoms with Crippen LogP contribution in [0.5, 0.6) is 5.75 Å². The molecular formula is C9H10F3NO4S. The van der Waals surface area contributed by atoms with E-state index < -0.39 is 33.8 Å². The smallest absolute Gasteiger partial charge is 0.422 e. The summed E-state index contributed by atoms with van der Waals surface area (Å²) in [6.07, 6.45) is -7.35. The van der Waals surface area contributed by atoms with E-state index in [-0.39, 0.29) is 5.69 Å². The highest BCUT2D eigenvalue weighted by Gasteiger charge is 2.46. The van der Waals surface area contributed by atoms with Gasteiger partial charge in [-0.3, -0.25) is 9.17 Å². The molecule has 1 rings (SSSR count). The molecule has 1 heterocycles. The number of aromatic hydroxyl groups is 1. The van der Waals surface area contributed by atoms with Crippen LogP contribution in [0.25, 0.3) is 0 Å². The predicted molar refractivity (Wildman–Crippen MR) is 55.4 cm³/mol. The van der Waals surface area contributed by atoms with Gasteiger partial charge in [0.2, 0.25) is 6.10 Å². The van der Waals surface area contributed by atoms with Crippen LogP contribution in [0.1, 0.15) is 17.5 Å². The summed E-state index contributed by atoms with van der Waals surface area (Å²) in [4.78, 5) is 3.46. The first-order valence-electron chi connectivity index (χ1n) is 4.62. The number of hydrogen-bond acceptors (Lipinski definition) is 5. The van der Waals surface area contributed by atoms with Gasteiger partial charge in [-0.2, -0.15) is 21.6 Å². The molecule has 1 unspecified atom stereocenters. The van der Waals surface area contributed by atoms with Crippen molar-refractivity contribution in [2.45, 2.75) is 19.2 Å². The second kappa shape index (κ2) is 4.73. The molecule has 1 aromatic rings. The fourth-order valence-electron chi connectivity index (χ4n) is 1.19. The Morgan fingerprint density at radius 1 is 1.39 bits per heavy atom. The highest BCUT2D eigenvalue weighted by molar-refractivity contribution is 7.86. The van der Waals surface area contributed by atoms with E-state index in [1.807, 2.05) is 0 Å². The van der Waals surface area contributed by atoms with Crippen LogP contribution in [0.15, 0.2) is 12.1 Å². The van der Waals surface area contributed by atoms with E-state index >= 15 is 0 Å². The molecular weight excluding hydrogens is 275 g/mol. The number of aromatic nitrogens is 1. The van der Waals surface area contributed by atoms with Gasteiger partial charge in [0.1, 0.15) is 11.4 Å². The number of rotatable bonds is 3. The van der Waals surface area contributed by atoms with Crippen molar-refractivity contribution >= 4 is 10.1 Å². The maximum absolute atomic E-state index is 12.7. The second-order valence-corrected chi connectivity index (χ2v) is 5.18. The molecule has 102 valence electrons. The standard InChI is InChI=1S/C9H10F3NO4S/c1-5-3-4-6(14)7(13-5)8(9(10,11)12)17-18(2,15)16/h3-4,8,14H,1-2H3. The maximum Gasteiger partial charge on any atom is 0.422 e. The van der Waals surface area contributed by atoms with E-state index in [4.69, 9.17) is 0 Å². The third kappa shape index (κ3) is 3.84. The van der Waals surface area contributed by atoms with E-state index in [2.05, 4.69) is 9.17 Å². The lowest BCUT2D eigenvalue weighted by atomic mass is 10.2. The largest absolute Gasteiger partial charge is 0.506 e. The molecule has 0 radical (unpaired) electrons. The molecule has 0 fully saturated rings. The quantitative estimate of drug-likeness (QED) is 0.855. The second-order valence-electron chi connectivity index (χ2n) is 3.58. The maximum atomic E-state index is 12.7. The van der Waals surface area contributed by atoms with Crippen molar-refractivity contribution in [1.29, 1.82) is 0 Å². The third-order valence-electron chi connectivity index (χ3n) is 1.86. The van der Waals surface area contributed by atoms with E-state index in [1.165, 1.54) is 13.0 Å². The molecule has 9 heteroatoms. The van der Waals surface area contributed by atoms with E-state index in [0.29, 0.717) is 6.26 Å². The zero-order chi connectivity index (χ0) is 14.1. The highest BCUT2D eigenvalue weighted by atomic mass is 32.2. The first kappa shape index (κ1) is 14.7. The lowest BCUT2D eigenvalue weighted by Crippen LogP contribution is -2.27. The summed E-state index contributed by atoms with van der Waals surface area (Å²) >= 11 is 0. The van der Waals surface area contributed by atoms with Crippen molar-refractivity contribution in [2.75, 3.05) is 6.26 Å². The van der Waals surface area contributed by atoms with E-state index in [9.17, 15) is 26.7 Å². The molecule has 0 amide bonds. The summed E-state index contributed by atoms with van der Waals surface area (Å²) in [5.74, 6) is -0.786. The Morgan fingerprint density at radius 2 is 1.94 bits per heavy atom. The van der Waals surface area contributed by atoms with Gasteiger partial charge in [-0.05, 0) is 19.1 Å². The van der Waals surface area contributed by atoms with Crippen molar-refractivity contribution in [3.8, 4) is 5.75 Å². The normalized spacial score (nSPS) is 14.5. The van der Waals surface area contributed by atoms with Crippen LogP contribution >= 0.6 is 0 Å². The molecule has 1 atom stereocenters. The Labute approximate surface area is 101 Å². The summed E-state index contributed by atoms with van der Waals surface area (Å²) in [6.45, 7) is 1.40. The van der Waals surface area contributed by atoms with Crippen LogP contribution < -0.4 is 0 Å². The predicted octanol–water partition coefficient (Wildman–Crippen LogP) is 1.68. The molecule has 0 aliphatic carbocycles. The van der Waals surface area contributed by atoms with Crippen LogP contribution in [-0.4, -0.2) is 30.9 Å². The van der Waals surface area contributed by atoms with Crippen molar-refractivity contribution in [3.63, 3.8) is 0 Å². The first-order valence-corrected chi connectivity index (χ1v) is 6.44. The fraction of sp³-hybridized carbons (Fsp3) is 0.444. The van der Waals surface area contributed by atoms with Crippen LogP contribution in [0, 0.1) is 6.92 Å². The third-order valence-corrected chi connectivity index (χ3v) is 2.40. The minimum atomic E-state index is -5.01. The van der Waals surface area contributed by atoms with Gasteiger partial charge in [0.25, 0.3) is 10.1 Å². The molecule has 0 saturated heterocycles. The highest BCUT2D eigenvalue weighted by Crippen LogP contribution is 2.39. The summed E-state index contributed by atoms with van der Waals surface area (Å²) in [5.41, 5.74) is -0.693. The zero-order valence-corrected chi connectivity index (χ0v) is 10.2. The number of aryl methyl sites for hydroxylation is 1. The molecule has 1 N–H and O–H groups in total. The van der Waals surface area contributed by atoms with Gasteiger partial charge in [-0.15, -0.1) is 0 Å². The molecule has 0 bridgehead atoms. The molecule has 0 spiro atoms. The number of halogens is 3. The molecule has 0 aliphatic rings. The molecule has 18 heavy (non-hydrogen) atoms. The Balaban J connectivity index is 3.31. The van der Waals surface area contributed by atoms with E-state index in [0.717, 1.165) is 6.07 Å². The van der Waals surface area contributed by atoms with Crippen molar-refractivity contribution in [3.05, 3.63) is 23.5 Å². The topological polar surface area (TPSA) is 76.5 Å². The van der Waals surface area contributed by atoms with E-state index in [1.54, 1.807) is 0 Å². The van der Waals surface area contributed by atoms with Crippen LogP contribution in [0.2, 0.25) is 0 Å². The summed E-state index contributed by atoms with van der Waals surface area (Å²) in [7, 11) is -4.36. The minimum Gasteiger partial charge on any atom is -0.506 e. The van der Waals surface area contributed by atoms with Gasteiger partial charge >= 0.3 is 6.18 Å². The Bertz CT molecular complexity index is 541. The van der Waals surface area contributed by atoms with Gasteiger partial charge in [0.05, 0.1) is 6.26 Å². The van der Waals surface area contributed by atoms with Gasteiger partial charge in [-0.25, -0.2) is 0 Å². The summed E-state index contributed by atoms with van der Waals surface area (Å²) in [5, 5.41) is 9.33. The number of pyridine rings is 1. The lowest BCUT2D eigenvalue weighted by Gasteiger charge is -2.19. The first-order chi connectivity index (χ1) is 8.00. The Hall–Kier alpha value is -1.35. The fourth-order valence-corrected chi connectivity index (χ4v) is 1.74. The van der Waals surface area contributed by atoms with Crippen LogP contribution in [-0.2, 0) is 14.3 Å². The van der Waals surface area contributed by atoms with Gasteiger partial charge < -0.3 is 5.11 Å². The Kier molecular flexibility index (Phi) is 3.86. The van der Waals surface area contributed by atoms with Crippen molar-refractivity contribution in [2.24, 2.45) is 0 Å². The van der Waals surface area contributed by atoms with Crippen molar-refractivity contribution < 1.29 is 30.9 Å². The molecule has 1 aromatic heterocycles. The monoisotopic (exact) mass is 285 g/mol. The Morgan fingerprint density at radius 3 is 2.39 bits per heavy atom. The zero-order valence-electron chi connectivity index (χ0n) is 9.39. The average Bonchev–Trinajstić information content (AvgIpc) is 2.15. The number of alkyl halides is 3. The lowest BCUT2D eigenvalue weighted by molar-refractivity contribution is -0.198. The molecule has 0 aromatic carbocycles. The van der Waals surface area contributed by atoms with Crippen LogP contribution in [0.4, 0.5) is 13.2 Å². The van der Waals surface area contributed by atoms with Gasteiger partial charge in [0, 0.05) is 5.69 Å².